The Morgan fingerprint density at radius 2 is 1.83 bits per heavy atom. The number of hydrogen-bond donors (Lipinski definition) is 1. The van der Waals surface area contributed by atoms with Crippen molar-refractivity contribution in [1.82, 2.24) is 4.98 Å². The Hall–Kier alpha value is -1.68. The molecule has 96 valence electrons. The highest BCUT2D eigenvalue weighted by Gasteiger charge is 2.14. The minimum atomic E-state index is 0.548. The average Bonchev–Trinajstić information content (AvgIpc) is 2.39. The molecule has 1 aromatic carbocycles. The van der Waals surface area contributed by atoms with Gasteiger partial charge in [0.1, 0.15) is 22.8 Å². The van der Waals surface area contributed by atoms with Crippen molar-refractivity contribution in [3.8, 4) is 11.5 Å². The van der Waals surface area contributed by atoms with Gasteiger partial charge in [-0.3, -0.25) is 0 Å². The molecule has 0 fully saturated rings. The minimum absolute atomic E-state index is 0.548. The van der Waals surface area contributed by atoms with Crippen LogP contribution in [0.4, 0.5) is 5.82 Å². The van der Waals surface area contributed by atoms with Gasteiger partial charge >= 0.3 is 0 Å². The Kier molecular flexibility index (Phi) is 3.48. The number of rotatable bonds is 3. The molecule has 2 rings (SSSR count). The maximum Gasteiger partial charge on any atom is 0.148 e. The summed E-state index contributed by atoms with van der Waals surface area (Å²) in [4.78, 5) is 4.52. The molecule has 2 aromatic rings. The fraction of sp³-hybridized carbons (Fsp3) is 0.308. The second kappa shape index (κ2) is 4.90. The number of hydrogen-bond acceptors (Lipinski definition) is 4. The van der Waals surface area contributed by atoms with Crippen LogP contribution in [-0.4, -0.2) is 26.3 Å². The van der Waals surface area contributed by atoms with Crippen LogP contribution in [0.15, 0.2) is 12.1 Å². The van der Waals surface area contributed by atoms with E-state index in [0.29, 0.717) is 16.5 Å². The van der Waals surface area contributed by atoms with Crippen molar-refractivity contribution in [3.05, 3.63) is 22.7 Å². The topological polar surface area (TPSA) is 43.4 Å². The Balaban J connectivity index is 2.86. The molecular weight excluding hydrogens is 252 g/mol. The van der Waals surface area contributed by atoms with Crippen molar-refractivity contribution in [2.24, 2.45) is 0 Å². The van der Waals surface area contributed by atoms with Crippen LogP contribution in [0.25, 0.3) is 10.9 Å². The van der Waals surface area contributed by atoms with Crippen LogP contribution in [0, 0.1) is 6.92 Å². The molecule has 0 atom stereocenters. The Bertz CT molecular complexity index is 599. The Morgan fingerprint density at radius 1 is 1.17 bits per heavy atom. The highest BCUT2D eigenvalue weighted by molar-refractivity contribution is 6.37. The smallest absolute Gasteiger partial charge is 0.148 e. The lowest BCUT2D eigenvalue weighted by Gasteiger charge is -2.13. The molecule has 4 nitrogen and oxygen atoms in total. The zero-order valence-corrected chi connectivity index (χ0v) is 11.6. The predicted molar refractivity (Wildman–Crippen MR) is 74.1 cm³/mol. The van der Waals surface area contributed by atoms with Gasteiger partial charge < -0.3 is 14.8 Å². The van der Waals surface area contributed by atoms with Crippen LogP contribution in [0.1, 0.15) is 5.56 Å². The van der Waals surface area contributed by atoms with E-state index in [-0.39, 0.29) is 0 Å². The highest BCUT2D eigenvalue weighted by atomic mass is 35.5. The normalized spacial score (nSPS) is 10.5. The van der Waals surface area contributed by atoms with Crippen molar-refractivity contribution >= 4 is 28.3 Å². The first-order valence-corrected chi connectivity index (χ1v) is 5.89. The van der Waals surface area contributed by atoms with Crippen LogP contribution in [0.2, 0.25) is 5.02 Å². The number of nitrogens with one attached hydrogen (secondary N) is 1. The van der Waals surface area contributed by atoms with E-state index in [0.717, 1.165) is 22.3 Å². The van der Waals surface area contributed by atoms with Gasteiger partial charge in [0.25, 0.3) is 0 Å². The predicted octanol–water partition coefficient (Wildman–Crippen LogP) is 3.26. The van der Waals surface area contributed by atoms with Gasteiger partial charge in [0.2, 0.25) is 0 Å². The summed E-state index contributed by atoms with van der Waals surface area (Å²) in [6, 6.07) is 3.72. The lowest BCUT2D eigenvalue weighted by atomic mass is 10.1. The molecule has 0 unspecified atom stereocenters. The standard InChI is InChI=1S/C13H15ClN2O2/c1-7-5-8-11(14)9(17-3)6-10(18-4)12(8)16-13(7)15-2/h5-6H,1-4H3,(H,15,16). The number of aryl methyl sites for hydroxylation is 1. The monoisotopic (exact) mass is 266 g/mol. The number of nitrogens with zero attached hydrogens (tertiary/aromatic N) is 1. The van der Waals surface area contributed by atoms with E-state index < -0.39 is 0 Å². The number of benzene rings is 1. The first kappa shape index (κ1) is 12.8. The van der Waals surface area contributed by atoms with Gasteiger partial charge in [0.05, 0.1) is 19.2 Å². The quantitative estimate of drug-likeness (QED) is 0.926. The van der Waals surface area contributed by atoms with Crippen molar-refractivity contribution in [1.29, 1.82) is 0 Å². The van der Waals surface area contributed by atoms with Crippen LogP contribution < -0.4 is 14.8 Å². The first-order valence-electron chi connectivity index (χ1n) is 5.52. The molecule has 0 radical (unpaired) electrons. The summed E-state index contributed by atoms with van der Waals surface area (Å²) < 4.78 is 10.6. The van der Waals surface area contributed by atoms with E-state index in [1.807, 2.05) is 20.0 Å². The van der Waals surface area contributed by atoms with Crippen LogP contribution >= 0.6 is 11.6 Å². The molecular formula is C13H15ClN2O2. The molecule has 0 saturated heterocycles. The minimum Gasteiger partial charge on any atom is -0.495 e. The van der Waals surface area contributed by atoms with Crippen LogP contribution in [0.3, 0.4) is 0 Å². The van der Waals surface area contributed by atoms with E-state index in [1.54, 1.807) is 20.3 Å². The molecule has 0 bridgehead atoms. The number of halogens is 1. The summed E-state index contributed by atoms with van der Waals surface area (Å²) in [6.07, 6.45) is 0. The molecule has 0 amide bonds. The first-order chi connectivity index (χ1) is 8.62. The van der Waals surface area contributed by atoms with E-state index in [4.69, 9.17) is 21.1 Å². The zero-order valence-electron chi connectivity index (χ0n) is 10.8. The second-order valence-electron chi connectivity index (χ2n) is 3.90. The number of pyridine rings is 1. The summed E-state index contributed by atoms with van der Waals surface area (Å²) in [5.74, 6) is 2.03. The molecule has 0 aliphatic carbocycles. The van der Waals surface area contributed by atoms with E-state index >= 15 is 0 Å². The summed E-state index contributed by atoms with van der Waals surface area (Å²) in [5, 5.41) is 4.42. The van der Waals surface area contributed by atoms with Crippen LogP contribution in [-0.2, 0) is 0 Å². The lowest BCUT2D eigenvalue weighted by Crippen LogP contribution is -1.98. The summed E-state index contributed by atoms with van der Waals surface area (Å²) in [6.45, 7) is 1.97. The summed E-state index contributed by atoms with van der Waals surface area (Å²) in [5.41, 5.74) is 1.74. The molecule has 1 heterocycles. The number of fused-ring (bicyclic) bond motifs is 1. The third-order valence-corrected chi connectivity index (χ3v) is 3.23. The molecule has 0 saturated carbocycles. The van der Waals surface area contributed by atoms with Crippen molar-refractivity contribution in [2.75, 3.05) is 26.6 Å². The SMILES string of the molecule is CNc1nc2c(OC)cc(OC)c(Cl)c2cc1C. The van der Waals surface area contributed by atoms with Crippen molar-refractivity contribution < 1.29 is 9.47 Å². The van der Waals surface area contributed by atoms with Gasteiger partial charge in [0, 0.05) is 18.5 Å². The van der Waals surface area contributed by atoms with E-state index in [2.05, 4.69) is 10.3 Å². The summed E-state index contributed by atoms with van der Waals surface area (Å²) >= 11 is 6.30. The molecule has 5 heteroatoms. The maximum atomic E-state index is 6.30. The molecule has 0 spiro atoms. The fourth-order valence-electron chi connectivity index (χ4n) is 1.91. The van der Waals surface area contributed by atoms with Gasteiger partial charge in [-0.05, 0) is 18.6 Å². The number of methoxy groups -OCH3 is 2. The molecule has 0 aliphatic rings. The number of aromatic nitrogens is 1. The largest absolute Gasteiger partial charge is 0.495 e. The van der Waals surface area contributed by atoms with Crippen LogP contribution in [0.5, 0.6) is 11.5 Å². The Labute approximate surface area is 111 Å². The van der Waals surface area contributed by atoms with Crippen molar-refractivity contribution in [3.63, 3.8) is 0 Å². The second-order valence-corrected chi connectivity index (χ2v) is 4.27. The van der Waals surface area contributed by atoms with E-state index in [1.165, 1.54) is 0 Å². The fourth-order valence-corrected chi connectivity index (χ4v) is 2.19. The summed E-state index contributed by atoms with van der Waals surface area (Å²) in [7, 11) is 5.01. The molecule has 0 aliphatic heterocycles. The maximum absolute atomic E-state index is 6.30. The number of anilines is 1. The third-order valence-electron chi connectivity index (χ3n) is 2.84. The molecule has 18 heavy (non-hydrogen) atoms. The van der Waals surface area contributed by atoms with Gasteiger partial charge in [-0.2, -0.15) is 0 Å². The average molecular weight is 267 g/mol. The molecule has 1 N–H and O–H groups in total. The number of ether oxygens (including phenoxy) is 2. The Morgan fingerprint density at radius 3 is 2.39 bits per heavy atom. The third kappa shape index (κ3) is 1.93. The van der Waals surface area contributed by atoms with Gasteiger partial charge in [0.15, 0.2) is 0 Å². The zero-order chi connectivity index (χ0) is 13.3. The lowest BCUT2D eigenvalue weighted by molar-refractivity contribution is 0.397. The van der Waals surface area contributed by atoms with Gasteiger partial charge in [-0.15, -0.1) is 0 Å². The van der Waals surface area contributed by atoms with Gasteiger partial charge in [-0.1, -0.05) is 11.6 Å². The van der Waals surface area contributed by atoms with Gasteiger partial charge in [-0.25, -0.2) is 4.98 Å². The highest BCUT2D eigenvalue weighted by Crippen LogP contribution is 2.39. The molecule has 1 aromatic heterocycles. The van der Waals surface area contributed by atoms with E-state index in [9.17, 15) is 0 Å². The van der Waals surface area contributed by atoms with Crippen molar-refractivity contribution in [2.45, 2.75) is 6.92 Å².